The Balaban J connectivity index is 1.31. The largest absolute Gasteiger partial charge is 0.483 e. The van der Waals surface area contributed by atoms with Crippen LogP contribution in [0.25, 0.3) is 0 Å². The number of halogens is 3. The van der Waals surface area contributed by atoms with Crippen molar-refractivity contribution in [3.8, 4) is 5.75 Å². The van der Waals surface area contributed by atoms with Crippen LogP contribution in [0.2, 0.25) is 0 Å². The average Bonchev–Trinajstić information content (AvgIpc) is 3.15. The Hall–Kier alpha value is -4.75. The Morgan fingerprint density at radius 3 is 2.21 bits per heavy atom. The van der Waals surface area contributed by atoms with Crippen LogP contribution in [0.5, 0.6) is 5.75 Å². The zero-order valence-electron chi connectivity index (χ0n) is 20.1. The molecule has 4 rings (SSSR count). The van der Waals surface area contributed by atoms with E-state index in [1.54, 1.807) is 17.4 Å². The van der Waals surface area contributed by atoms with Crippen molar-refractivity contribution in [2.45, 2.75) is 38.1 Å². The summed E-state index contributed by atoms with van der Waals surface area (Å²) >= 11 is 0. The van der Waals surface area contributed by atoms with Crippen LogP contribution in [-0.2, 0) is 32.3 Å². The minimum Gasteiger partial charge on any atom is -0.483 e. The third-order valence-corrected chi connectivity index (χ3v) is 6.01. The molecule has 0 aliphatic carbocycles. The third kappa shape index (κ3) is 6.05. The zero-order chi connectivity index (χ0) is 28.3. The van der Waals surface area contributed by atoms with Crippen molar-refractivity contribution in [1.29, 1.82) is 0 Å². The molecule has 2 aliphatic heterocycles. The first-order valence-corrected chi connectivity index (χ1v) is 11.6. The Labute approximate surface area is 218 Å². The Kier molecular flexibility index (Phi) is 7.65. The molecular weight excluding hydrogens is 525 g/mol. The third-order valence-electron chi connectivity index (χ3n) is 6.01. The summed E-state index contributed by atoms with van der Waals surface area (Å²) in [7, 11) is 0. The number of hydrogen-bond donors (Lipinski definition) is 3. The van der Waals surface area contributed by atoms with Gasteiger partial charge in [-0.25, -0.2) is 0 Å². The number of alkyl halides is 3. The standard InChI is InChI=1S/C25H21F3N4O7/c26-25(27,28)24(38)30-11-14-6-4-13(5-7-14)10-29-19(34)12-39-17-3-1-2-15-20(17)23(37)32(22(15)36)16-8-9-18(33)31-21(16)35/h1-7,16H,8-12H2,(H,29,34)(H,30,38)(H,31,33,35). The maximum absolute atomic E-state index is 13.1. The molecule has 0 saturated carbocycles. The van der Waals surface area contributed by atoms with Crippen LogP contribution in [0.4, 0.5) is 13.2 Å². The first kappa shape index (κ1) is 27.3. The molecule has 0 bridgehead atoms. The molecule has 0 spiro atoms. The van der Waals surface area contributed by atoms with E-state index in [1.165, 1.54) is 30.3 Å². The number of ether oxygens (including phenoxy) is 1. The summed E-state index contributed by atoms with van der Waals surface area (Å²) in [6.07, 6.45) is -5.00. The SMILES string of the molecule is O=C(COc1cccc2c1C(=O)N(C1CCC(=O)NC1=O)C2=O)NCc1ccc(CNC(=O)C(F)(F)F)cc1. The number of nitrogens with one attached hydrogen (secondary N) is 3. The summed E-state index contributed by atoms with van der Waals surface area (Å²) in [5.41, 5.74) is 0.965. The molecule has 2 aliphatic rings. The highest BCUT2D eigenvalue weighted by Crippen LogP contribution is 2.33. The van der Waals surface area contributed by atoms with Gasteiger partial charge >= 0.3 is 12.1 Å². The molecule has 0 aromatic heterocycles. The molecule has 14 heteroatoms. The van der Waals surface area contributed by atoms with Crippen LogP contribution < -0.4 is 20.7 Å². The van der Waals surface area contributed by atoms with Gasteiger partial charge in [0.1, 0.15) is 11.8 Å². The van der Waals surface area contributed by atoms with Crippen molar-refractivity contribution in [1.82, 2.24) is 20.9 Å². The molecule has 1 fully saturated rings. The number of rotatable bonds is 8. The summed E-state index contributed by atoms with van der Waals surface area (Å²) in [5, 5.41) is 6.46. The summed E-state index contributed by atoms with van der Waals surface area (Å²) in [6, 6.07) is 9.25. The fraction of sp³-hybridized carbons (Fsp3) is 0.280. The fourth-order valence-electron chi connectivity index (χ4n) is 4.06. The lowest BCUT2D eigenvalue weighted by Crippen LogP contribution is -2.54. The summed E-state index contributed by atoms with van der Waals surface area (Å²) in [6.45, 7) is -0.759. The monoisotopic (exact) mass is 546 g/mol. The van der Waals surface area contributed by atoms with E-state index in [1.807, 2.05) is 0 Å². The minimum atomic E-state index is -4.97. The lowest BCUT2D eigenvalue weighted by molar-refractivity contribution is -0.173. The van der Waals surface area contributed by atoms with Gasteiger partial charge < -0.3 is 15.4 Å². The minimum absolute atomic E-state index is 0.00208. The van der Waals surface area contributed by atoms with Crippen molar-refractivity contribution in [3.63, 3.8) is 0 Å². The molecule has 0 radical (unpaired) electrons. The topological polar surface area (TPSA) is 151 Å². The van der Waals surface area contributed by atoms with E-state index in [4.69, 9.17) is 4.74 Å². The molecule has 2 aromatic rings. The Bertz CT molecular complexity index is 1360. The zero-order valence-corrected chi connectivity index (χ0v) is 20.1. The van der Waals surface area contributed by atoms with Crippen molar-refractivity contribution < 1.29 is 46.7 Å². The van der Waals surface area contributed by atoms with E-state index < -0.39 is 54.3 Å². The van der Waals surface area contributed by atoms with E-state index in [0.717, 1.165) is 4.90 Å². The van der Waals surface area contributed by atoms with Gasteiger partial charge in [0.25, 0.3) is 17.7 Å². The molecule has 6 amide bonds. The van der Waals surface area contributed by atoms with Crippen molar-refractivity contribution in [2.24, 2.45) is 0 Å². The fourth-order valence-corrected chi connectivity index (χ4v) is 4.06. The number of carbonyl (C=O) groups excluding carboxylic acids is 6. The number of nitrogens with zero attached hydrogens (tertiary/aromatic N) is 1. The average molecular weight is 546 g/mol. The van der Waals surface area contributed by atoms with Crippen LogP contribution in [0, 0.1) is 0 Å². The summed E-state index contributed by atoms with van der Waals surface area (Å²) in [5.74, 6) is -5.35. The van der Waals surface area contributed by atoms with Gasteiger partial charge in [-0.1, -0.05) is 30.3 Å². The van der Waals surface area contributed by atoms with Gasteiger partial charge in [-0.05, 0) is 29.7 Å². The molecule has 11 nitrogen and oxygen atoms in total. The van der Waals surface area contributed by atoms with Gasteiger partial charge in [-0.15, -0.1) is 0 Å². The number of imide groups is 2. The molecule has 1 saturated heterocycles. The maximum Gasteiger partial charge on any atom is 0.471 e. The maximum atomic E-state index is 13.1. The van der Waals surface area contributed by atoms with Gasteiger partial charge in [0.2, 0.25) is 11.8 Å². The van der Waals surface area contributed by atoms with Gasteiger partial charge in [-0.2, -0.15) is 13.2 Å². The second-order valence-corrected chi connectivity index (χ2v) is 8.69. The quantitative estimate of drug-likeness (QED) is 0.418. The highest BCUT2D eigenvalue weighted by molar-refractivity contribution is 6.24. The molecule has 2 aromatic carbocycles. The van der Waals surface area contributed by atoms with Crippen LogP contribution in [-0.4, -0.2) is 59.2 Å². The van der Waals surface area contributed by atoms with Gasteiger partial charge in [0.05, 0.1) is 11.1 Å². The highest BCUT2D eigenvalue weighted by Gasteiger charge is 2.46. The number of fused-ring (bicyclic) bond motifs is 1. The van der Waals surface area contributed by atoms with E-state index >= 15 is 0 Å². The number of hydrogen-bond acceptors (Lipinski definition) is 7. The normalized spacial score (nSPS) is 17.0. The molecule has 204 valence electrons. The van der Waals surface area contributed by atoms with Crippen molar-refractivity contribution >= 4 is 35.4 Å². The molecule has 1 unspecified atom stereocenters. The first-order chi connectivity index (χ1) is 18.5. The molecule has 39 heavy (non-hydrogen) atoms. The summed E-state index contributed by atoms with van der Waals surface area (Å²) in [4.78, 5) is 73.6. The predicted molar refractivity (Wildman–Crippen MR) is 125 cm³/mol. The Morgan fingerprint density at radius 2 is 1.59 bits per heavy atom. The number of amides is 6. The Morgan fingerprint density at radius 1 is 0.949 bits per heavy atom. The smallest absolute Gasteiger partial charge is 0.471 e. The lowest BCUT2D eigenvalue weighted by Gasteiger charge is -2.27. The van der Waals surface area contributed by atoms with Crippen molar-refractivity contribution in [2.75, 3.05) is 6.61 Å². The summed E-state index contributed by atoms with van der Waals surface area (Å²) < 4.78 is 42.3. The van der Waals surface area contributed by atoms with Crippen LogP contribution in [0.3, 0.4) is 0 Å². The second kappa shape index (κ2) is 10.9. The molecule has 1 atom stereocenters. The lowest BCUT2D eigenvalue weighted by atomic mass is 10.0. The van der Waals surface area contributed by atoms with Crippen LogP contribution >= 0.6 is 0 Å². The van der Waals surface area contributed by atoms with E-state index in [2.05, 4.69) is 10.6 Å². The van der Waals surface area contributed by atoms with E-state index in [9.17, 15) is 41.9 Å². The predicted octanol–water partition coefficient (Wildman–Crippen LogP) is 0.962. The van der Waals surface area contributed by atoms with E-state index in [-0.39, 0.29) is 42.8 Å². The highest BCUT2D eigenvalue weighted by atomic mass is 19.4. The number of benzene rings is 2. The number of piperidine rings is 1. The molecule has 2 heterocycles. The van der Waals surface area contributed by atoms with Crippen LogP contribution in [0.1, 0.15) is 44.7 Å². The van der Waals surface area contributed by atoms with Gasteiger partial charge in [0, 0.05) is 19.5 Å². The van der Waals surface area contributed by atoms with Crippen molar-refractivity contribution in [3.05, 3.63) is 64.7 Å². The second-order valence-electron chi connectivity index (χ2n) is 8.69. The van der Waals surface area contributed by atoms with Gasteiger partial charge in [0.15, 0.2) is 6.61 Å². The molecular formula is C25H21F3N4O7. The molecule has 3 N–H and O–H groups in total. The van der Waals surface area contributed by atoms with Crippen LogP contribution in [0.15, 0.2) is 42.5 Å². The first-order valence-electron chi connectivity index (χ1n) is 11.6. The van der Waals surface area contributed by atoms with E-state index in [0.29, 0.717) is 11.1 Å². The van der Waals surface area contributed by atoms with Gasteiger partial charge in [-0.3, -0.25) is 39.0 Å². The number of carbonyl (C=O) groups is 6.